The highest BCUT2D eigenvalue weighted by molar-refractivity contribution is 5.99. The lowest BCUT2D eigenvalue weighted by Crippen LogP contribution is -2.36. The summed E-state index contributed by atoms with van der Waals surface area (Å²) >= 11 is 0. The van der Waals surface area contributed by atoms with E-state index >= 15 is 0 Å². The third-order valence-electron chi connectivity index (χ3n) is 6.91. The second kappa shape index (κ2) is 10.1. The number of hydrogen-bond acceptors (Lipinski definition) is 6. The van der Waals surface area contributed by atoms with Gasteiger partial charge in [0.15, 0.2) is 17.6 Å². The Kier molecular flexibility index (Phi) is 6.92. The Bertz CT molecular complexity index is 1140. The van der Waals surface area contributed by atoms with Gasteiger partial charge in [-0.3, -0.25) is 4.79 Å². The molecule has 3 aliphatic rings. The monoisotopic (exact) mass is 508 g/mol. The van der Waals surface area contributed by atoms with Gasteiger partial charge >= 0.3 is 6.09 Å². The molecule has 0 bridgehead atoms. The fraction of sp³-hybridized carbons (Fsp3) is 0.517. The van der Waals surface area contributed by atoms with Gasteiger partial charge in [0.2, 0.25) is 0 Å². The van der Waals surface area contributed by atoms with Crippen LogP contribution in [0.25, 0.3) is 0 Å². The summed E-state index contributed by atoms with van der Waals surface area (Å²) in [4.78, 5) is 28.9. The van der Waals surface area contributed by atoms with E-state index in [0.29, 0.717) is 49.9 Å². The maximum absolute atomic E-state index is 13.1. The van der Waals surface area contributed by atoms with Gasteiger partial charge < -0.3 is 28.7 Å². The maximum atomic E-state index is 13.1. The molecule has 2 atom stereocenters. The summed E-state index contributed by atoms with van der Waals surface area (Å²) in [5, 5.41) is 0. The molecule has 8 heteroatoms. The van der Waals surface area contributed by atoms with Gasteiger partial charge in [0.05, 0.1) is 13.7 Å². The molecule has 37 heavy (non-hydrogen) atoms. The van der Waals surface area contributed by atoms with Crippen molar-refractivity contribution >= 4 is 17.7 Å². The number of carbonyl (C=O) groups excluding carboxylic acids is 2. The average molecular weight is 509 g/mol. The lowest BCUT2D eigenvalue weighted by molar-refractivity contribution is -0.122. The van der Waals surface area contributed by atoms with Crippen LogP contribution in [0.4, 0.5) is 10.5 Å². The molecule has 3 fully saturated rings. The Hall–Kier alpha value is -3.42. The minimum absolute atomic E-state index is 0.0641. The molecule has 2 aromatic rings. The van der Waals surface area contributed by atoms with Crippen LogP contribution in [0, 0.1) is 0 Å². The largest absolute Gasteiger partial charge is 0.493 e. The first-order valence-electron chi connectivity index (χ1n) is 13.1. The van der Waals surface area contributed by atoms with Crippen molar-refractivity contribution in [2.45, 2.75) is 70.2 Å². The summed E-state index contributed by atoms with van der Waals surface area (Å²) in [6.07, 6.45) is 2.84. The van der Waals surface area contributed by atoms with E-state index in [1.165, 1.54) is 18.4 Å². The molecular weight excluding hydrogens is 472 g/mol. The number of ether oxygens (including phenoxy) is 4. The Morgan fingerprint density at radius 1 is 0.919 bits per heavy atom. The molecular formula is C29H36N2O6. The summed E-state index contributed by atoms with van der Waals surface area (Å²) in [5.41, 5.74) is 1.55. The van der Waals surface area contributed by atoms with Gasteiger partial charge in [0.1, 0.15) is 17.5 Å². The fourth-order valence-corrected chi connectivity index (χ4v) is 4.84. The number of methoxy groups -OCH3 is 1. The zero-order valence-corrected chi connectivity index (χ0v) is 22.1. The fourth-order valence-electron chi connectivity index (χ4n) is 4.84. The van der Waals surface area contributed by atoms with Crippen LogP contribution >= 0.6 is 0 Å². The first-order valence-corrected chi connectivity index (χ1v) is 13.1. The standard InChI is InChI=1S/C29H36N2O6/c1-29(2,3)37-28(33)30-15-13-23(18-30)36-24-12-9-21(17-26(24)34-4)31-16-14-25(27(31)32)35-22-10-7-20(8-11-22)19-5-6-19/h7-12,17,19,23,25H,5-6,13-16,18H2,1-4H3. The van der Waals surface area contributed by atoms with Crippen molar-refractivity contribution < 1.29 is 28.5 Å². The van der Waals surface area contributed by atoms with Gasteiger partial charge in [-0.2, -0.15) is 0 Å². The summed E-state index contributed by atoms with van der Waals surface area (Å²) in [6.45, 7) is 7.16. The normalized spacial score (nSPS) is 21.8. The zero-order valence-electron chi connectivity index (χ0n) is 22.1. The second-order valence-electron chi connectivity index (χ2n) is 11.0. The molecule has 1 aliphatic carbocycles. The molecule has 2 saturated heterocycles. The van der Waals surface area contributed by atoms with E-state index in [2.05, 4.69) is 12.1 Å². The first-order chi connectivity index (χ1) is 17.7. The molecule has 0 N–H and O–H groups in total. The lowest BCUT2D eigenvalue weighted by atomic mass is 10.1. The molecule has 5 rings (SSSR count). The Morgan fingerprint density at radius 2 is 1.68 bits per heavy atom. The van der Waals surface area contributed by atoms with E-state index in [0.717, 1.165) is 11.4 Å². The molecule has 2 aliphatic heterocycles. The summed E-state index contributed by atoms with van der Waals surface area (Å²) in [6, 6.07) is 13.6. The summed E-state index contributed by atoms with van der Waals surface area (Å²) in [7, 11) is 1.58. The van der Waals surface area contributed by atoms with Crippen molar-refractivity contribution in [2.75, 3.05) is 31.6 Å². The van der Waals surface area contributed by atoms with Gasteiger partial charge in [-0.05, 0) is 69.4 Å². The smallest absolute Gasteiger partial charge is 0.410 e. The van der Waals surface area contributed by atoms with Crippen molar-refractivity contribution in [3.8, 4) is 17.2 Å². The van der Waals surface area contributed by atoms with Crippen LogP contribution in [0.1, 0.15) is 57.9 Å². The predicted molar refractivity (Wildman–Crippen MR) is 140 cm³/mol. The molecule has 0 spiro atoms. The molecule has 1 saturated carbocycles. The lowest BCUT2D eigenvalue weighted by Gasteiger charge is -2.24. The van der Waals surface area contributed by atoms with E-state index in [1.807, 2.05) is 51.1 Å². The number of rotatable bonds is 7. The van der Waals surface area contributed by atoms with Crippen LogP contribution < -0.4 is 19.1 Å². The van der Waals surface area contributed by atoms with Crippen molar-refractivity contribution in [1.82, 2.24) is 4.90 Å². The summed E-state index contributed by atoms with van der Waals surface area (Å²) in [5.74, 6) is 2.48. The third-order valence-corrected chi connectivity index (χ3v) is 6.91. The van der Waals surface area contributed by atoms with E-state index in [1.54, 1.807) is 16.9 Å². The number of hydrogen-bond donors (Lipinski definition) is 0. The number of amides is 2. The van der Waals surface area contributed by atoms with Gasteiger partial charge in [-0.25, -0.2) is 4.79 Å². The Labute approximate surface area is 218 Å². The van der Waals surface area contributed by atoms with Crippen LogP contribution in [0.3, 0.4) is 0 Å². The van der Waals surface area contributed by atoms with E-state index in [9.17, 15) is 9.59 Å². The molecule has 198 valence electrons. The van der Waals surface area contributed by atoms with Crippen LogP contribution in [-0.4, -0.2) is 61.5 Å². The van der Waals surface area contributed by atoms with Gasteiger partial charge in [0.25, 0.3) is 5.91 Å². The SMILES string of the molecule is COc1cc(N2CCC(Oc3ccc(C4CC4)cc3)C2=O)ccc1OC1CCN(C(=O)OC(C)(C)C)C1. The number of nitrogens with zero attached hydrogens (tertiary/aromatic N) is 2. The molecule has 2 aromatic carbocycles. The second-order valence-corrected chi connectivity index (χ2v) is 11.0. The molecule has 0 aromatic heterocycles. The molecule has 8 nitrogen and oxygen atoms in total. The highest BCUT2D eigenvalue weighted by Crippen LogP contribution is 2.40. The third kappa shape index (κ3) is 5.95. The van der Waals surface area contributed by atoms with Crippen molar-refractivity contribution in [3.05, 3.63) is 48.0 Å². The topological polar surface area (TPSA) is 77.5 Å². The zero-order chi connectivity index (χ0) is 26.2. The van der Waals surface area contributed by atoms with Gasteiger partial charge in [-0.15, -0.1) is 0 Å². The van der Waals surface area contributed by atoms with E-state index in [-0.39, 0.29) is 18.1 Å². The van der Waals surface area contributed by atoms with Crippen molar-refractivity contribution in [1.29, 1.82) is 0 Å². The van der Waals surface area contributed by atoms with Crippen LogP contribution in [0.2, 0.25) is 0 Å². The Balaban J connectivity index is 1.19. The molecule has 0 radical (unpaired) electrons. The maximum Gasteiger partial charge on any atom is 0.410 e. The molecule has 2 heterocycles. The van der Waals surface area contributed by atoms with Crippen LogP contribution in [0.5, 0.6) is 17.2 Å². The van der Waals surface area contributed by atoms with Gasteiger partial charge in [-0.1, -0.05) is 12.1 Å². The first kappa shape index (κ1) is 25.2. The minimum Gasteiger partial charge on any atom is -0.493 e. The van der Waals surface area contributed by atoms with Crippen LogP contribution in [-0.2, 0) is 9.53 Å². The quantitative estimate of drug-likeness (QED) is 0.515. The highest BCUT2D eigenvalue weighted by Gasteiger charge is 2.35. The van der Waals surface area contributed by atoms with Gasteiger partial charge in [0, 0.05) is 37.7 Å². The molecule has 2 unspecified atom stereocenters. The number of carbonyl (C=O) groups is 2. The predicted octanol–water partition coefficient (Wildman–Crippen LogP) is 5.15. The van der Waals surface area contributed by atoms with E-state index in [4.69, 9.17) is 18.9 Å². The minimum atomic E-state index is -0.535. The number of benzene rings is 2. The average Bonchev–Trinajstić information content (AvgIpc) is 3.50. The van der Waals surface area contributed by atoms with E-state index < -0.39 is 11.7 Å². The number of likely N-dealkylation sites (tertiary alicyclic amines) is 1. The van der Waals surface area contributed by atoms with Crippen molar-refractivity contribution in [2.24, 2.45) is 0 Å². The van der Waals surface area contributed by atoms with Crippen LogP contribution in [0.15, 0.2) is 42.5 Å². The highest BCUT2D eigenvalue weighted by atomic mass is 16.6. The summed E-state index contributed by atoms with van der Waals surface area (Å²) < 4.78 is 23.3. The van der Waals surface area contributed by atoms with Crippen molar-refractivity contribution in [3.63, 3.8) is 0 Å². The Morgan fingerprint density at radius 3 is 2.35 bits per heavy atom. The molecule has 2 amide bonds. The number of anilines is 1.